The lowest BCUT2D eigenvalue weighted by molar-refractivity contribution is -0.139. The first-order valence-corrected chi connectivity index (χ1v) is 9.23. The smallest absolute Gasteiger partial charge is 0.338 e. The number of allylic oxidation sites excluding steroid dienone is 1. The van der Waals surface area contributed by atoms with E-state index in [0.717, 1.165) is 12.0 Å². The third-order valence-corrected chi connectivity index (χ3v) is 4.03. The Labute approximate surface area is 160 Å². The molecule has 1 aliphatic heterocycles. The number of carbonyl (C=O) groups is 2. The van der Waals surface area contributed by atoms with Crippen molar-refractivity contribution >= 4 is 12.0 Å². The third kappa shape index (κ3) is 4.93. The first kappa shape index (κ1) is 20.6. The van der Waals surface area contributed by atoms with Gasteiger partial charge >= 0.3 is 12.0 Å². The molecule has 2 N–H and O–H groups in total. The summed E-state index contributed by atoms with van der Waals surface area (Å²) in [5, 5.41) is 5.56. The molecule has 0 fully saturated rings. The number of rotatable bonds is 8. The lowest BCUT2D eigenvalue weighted by Gasteiger charge is -2.29. The molecule has 1 aromatic rings. The van der Waals surface area contributed by atoms with Gasteiger partial charge in [-0.15, -0.1) is 0 Å². The number of amides is 2. The van der Waals surface area contributed by atoms with Crippen molar-refractivity contribution in [2.75, 3.05) is 13.7 Å². The van der Waals surface area contributed by atoms with Crippen molar-refractivity contribution in [1.82, 2.24) is 10.6 Å². The van der Waals surface area contributed by atoms with Gasteiger partial charge in [0, 0.05) is 5.70 Å². The molecule has 0 spiro atoms. The van der Waals surface area contributed by atoms with Crippen molar-refractivity contribution in [2.45, 2.75) is 52.7 Å². The molecule has 0 saturated heterocycles. The van der Waals surface area contributed by atoms with Gasteiger partial charge in [-0.2, -0.15) is 0 Å². The molecule has 148 valence electrons. The van der Waals surface area contributed by atoms with E-state index in [4.69, 9.17) is 14.2 Å². The molecule has 0 aliphatic carbocycles. The van der Waals surface area contributed by atoms with Crippen LogP contribution < -0.4 is 20.1 Å². The predicted molar refractivity (Wildman–Crippen MR) is 102 cm³/mol. The van der Waals surface area contributed by atoms with Crippen LogP contribution in [0.3, 0.4) is 0 Å². The fourth-order valence-electron chi connectivity index (χ4n) is 2.98. The summed E-state index contributed by atoms with van der Waals surface area (Å²) in [4.78, 5) is 24.8. The average molecular weight is 376 g/mol. The molecule has 1 heterocycles. The Morgan fingerprint density at radius 3 is 2.56 bits per heavy atom. The highest BCUT2D eigenvalue weighted by atomic mass is 16.5. The maximum atomic E-state index is 12.6. The van der Waals surface area contributed by atoms with E-state index >= 15 is 0 Å². The van der Waals surface area contributed by atoms with Crippen molar-refractivity contribution in [3.8, 4) is 11.5 Å². The van der Waals surface area contributed by atoms with Crippen LogP contribution in [-0.2, 0) is 9.53 Å². The minimum Gasteiger partial charge on any atom is -0.493 e. The van der Waals surface area contributed by atoms with E-state index in [1.165, 1.54) is 0 Å². The highest BCUT2D eigenvalue weighted by molar-refractivity contribution is 5.95. The van der Waals surface area contributed by atoms with Crippen molar-refractivity contribution in [3.63, 3.8) is 0 Å². The van der Waals surface area contributed by atoms with Crippen LogP contribution in [0, 0.1) is 0 Å². The highest BCUT2D eigenvalue weighted by Gasteiger charge is 2.33. The maximum absolute atomic E-state index is 12.6. The van der Waals surface area contributed by atoms with Crippen molar-refractivity contribution in [2.24, 2.45) is 0 Å². The molecule has 2 amide bonds. The summed E-state index contributed by atoms with van der Waals surface area (Å²) in [7, 11) is 1.55. The van der Waals surface area contributed by atoms with Gasteiger partial charge in [0.15, 0.2) is 11.5 Å². The molecule has 1 aliphatic rings. The second kappa shape index (κ2) is 9.30. The van der Waals surface area contributed by atoms with Crippen LogP contribution in [0.15, 0.2) is 29.5 Å². The first-order chi connectivity index (χ1) is 12.9. The minimum atomic E-state index is -0.624. The summed E-state index contributed by atoms with van der Waals surface area (Å²) < 4.78 is 16.4. The molecule has 1 unspecified atom stereocenters. The molecular formula is C20H28N2O5. The number of hydrogen-bond acceptors (Lipinski definition) is 5. The lowest BCUT2D eigenvalue weighted by atomic mass is 9.93. The molecular weight excluding hydrogens is 348 g/mol. The molecule has 7 heteroatoms. The van der Waals surface area contributed by atoms with E-state index in [9.17, 15) is 9.59 Å². The Morgan fingerprint density at radius 2 is 1.96 bits per heavy atom. The van der Waals surface area contributed by atoms with E-state index in [2.05, 4.69) is 10.6 Å². The van der Waals surface area contributed by atoms with Crippen molar-refractivity contribution in [1.29, 1.82) is 0 Å². The summed E-state index contributed by atoms with van der Waals surface area (Å²) in [6, 6.07) is 4.40. The maximum Gasteiger partial charge on any atom is 0.338 e. The van der Waals surface area contributed by atoms with Gasteiger partial charge in [-0.1, -0.05) is 19.4 Å². The first-order valence-electron chi connectivity index (χ1n) is 9.23. The summed E-state index contributed by atoms with van der Waals surface area (Å²) in [6.07, 6.45) is 1.36. The normalized spacial score (nSPS) is 16.7. The van der Waals surface area contributed by atoms with Crippen LogP contribution in [0.5, 0.6) is 11.5 Å². The topological polar surface area (TPSA) is 85.9 Å². The fraction of sp³-hybridized carbons (Fsp3) is 0.500. The van der Waals surface area contributed by atoms with Crippen molar-refractivity contribution in [3.05, 3.63) is 35.0 Å². The second-order valence-corrected chi connectivity index (χ2v) is 6.47. The minimum absolute atomic E-state index is 0.00511. The van der Waals surface area contributed by atoms with E-state index in [-0.39, 0.29) is 18.7 Å². The fourth-order valence-corrected chi connectivity index (χ4v) is 2.98. The summed E-state index contributed by atoms with van der Waals surface area (Å²) >= 11 is 0. The quantitative estimate of drug-likeness (QED) is 0.679. The number of esters is 1. The SMILES string of the molecule is CCCC1=C(C(=O)OCC)C(c2ccc(OC(C)C)c(OC)c2)NC(=O)N1. The molecule has 2 rings (SSSR count). The van der Waals surface area contributed by atoms with Gasteiger partial charge in [-0.25, -0.2) is 9.59 Å². The van der Waals surface area contributed by atoms with Gasteiger partial charge in [0.25, 0.3) is 0 Å². The number of nitrogens with one attached hydrogen (secondary N) is 2. The Balaban J connectivity index is 2.50. The summed E-state index contributed by atoms with van der Waals surface area (Å²) in [6.45, 7) is 7.85. The van der Waals surface area contributed by atoms with Crippen LogP contribution in [0.2, 0.25) is 0 Å². The van der Waals surface area contributed by atoms with E-state index < -0.39 is 12.0 Å². The monoisotopic (exact) mass is 376 g/mol. The zero-order chi connectivity index (χ0) is 20.0. The average Bonchev–Trinajstić information content (AvgIpc) is 2.61. The molecule has 1 atom stereocenters. The molecule has 0 aromatic heterocycles. The summed E-state index contributed by atoms with van der Waals surface area (Å²) in [5.41, 5.74) is 1.72. The van der Waals surface area contributed by atoms with Gasteiger partial charge in [-0.3, -0.25) is 0 Å². The number of methoxy groups -OCH3 is 1. The van der Waals surface area contributed by atoms with E-state index in [1.807, 2.05) is 26.8 Å². The summed E-state index contributed by atoms with van der Waals surface area (Å²) in [5.74, 6) is 0.695. The Bertz CT molecular complexity index is 727. The van der Waals surface area contributed by atoms with Crippen LogP contribution in [0.4, 0.5) is 4.79 Å². The number of ether oxygens (including phenoxy) is 3. The van der Waals surface area contributed by atoms with Crippen LogP contribution >= 0.6 is 0 Å². The number of carbonyl (C=O) groups excluding carboxylic acids is 2. The number of hydrogen-bond donors (Lipinski definition) is 2. The second-order valence-electron chi connectivity index (χ2n) is 6.47. The predicted octanol–water partition coefficient (Wildman–Crippen LogP) is 3.45. The van der Waals surface area contributed by atoms with Crippen molar-refractivity contribution < 1.29 is 23.8 Å². The zero-order valence-electron chi connectivity index (χ0n) is 16.5. The molecule has 1 aromatic carbocycles. The number of urea groups is 1. The molecule has 0 saturated carbocycles. The Morgan fingerprint density at radius 1 is 1.22 bits per heavy atom. The standard InChI is InChI=1S/C20H28N2O5/c1-6-8-14-17(19(23)26-7-2)18(22-20(24)21-14)13-9-10-15(27-12(3)4)16(11-13)25-5/h9-12,18H,6-8H2,1-5H3,(H2,21,22,24). The molecule has 27 heavy (non-hydrogen) atoms. The van der Waals surface area contributed by atoms with Gasteiger partial charge in [0.2, 0.25) is 0 Å². The van der Waals surface area contributed by atoms with Crippen LogP contribution in [0.1, 0.15) is 52.1 Å². The van der Waals surface area contributed by atoms with E-state index in [0.29, 0.717) is 29.2 Å². The third-order valence-electron chi connectivity index (χ3n) is 4.03. The van der Waals surface area contributed by atoms with Crippen LogP contribution in [0.25, 0.3) is 0 Å². The van der Waals surface area contributed by atoms with Gasteiger partial charge < -0.3 is 24.8 Å². The Hall–Kier alpha value is -2.70. The van der Waals surface area contributed by atoms with Gasteiger partial charge in [0.05, 0.1) is 31.4 Å². The molecule has 0 radical (unpaired) electrons. The van der Waals surface area contributed by atoms with Crippen LogP contribution in [-0.4, -0.2) is 31.8 Å². The zero-order valence-corrected chi connectivity index (χ0v) is 16.5. The van der Waals surface area contributed by atoms with Gasteiger partial charge in [0.1, 0.15) is 0 Å². The van der Waals surface area contributed by atoms with E-state index in [1.54, 1.807) is 26.2 Å². The largest absolute Gasteiger partial charge is 0.493 e. The highest BCUT2D eigenvalue weighted by Crippen LogP contribution is 2.35. The molecule has 7 nitrogen and oxygen atoms in total. The van der Waals surface area contributed by atoms with Gasteiger partial charge in [-0.05, 0) is 44.9 Å². The lowest BCUT2D eigenvalue weighted by Crippen LogP contribution is -2.46. The molecule has 0 bridgehead atoms. The number of benzene rings is 1. The Kier molecular flexibility index (Phi) is 7.10.